The van der Waals surface area contributed by atoms with Crippen LogP contribution in [0.1, 0.15) is 51.9 Å². The molecule has 1 atom stereocenters. The summed E-state index contributed by atoms with van der Waals surface area (Å²) in [5, 5.41) is 0. The molecule has 0 amide bonds. The van der Waals surface area contributed by atoms with Crippen LogP contribution in [0.15, 0.2) is 0 Å². The Hall–Kier alpha value is 0.250. The van der Waals surface area contributed by atoms with E-state index in [-0.39, 0.29) is 0 Å². The van der Waals surface area contributed by atoms with Crippen molar-refractivity contribution in [1.82, 2.24) is 0 Å². The van der Waals surface area contributed by atoms with E-state index in [1.165, 1.54) is 32.1 Å². The van der Waals surface area contributed by atoms with Crippen molar-refractivity contribution >= 4 is 20.2 Å². The maximum absolute atomic E-state index is 11.0. The topological polar surface area (TPSA) is 61.5 Å². The van der Waals surface area contributed by atoms with Crippen LogP contribution >= 0.6 is 0 Å². The molecule has 0 aliphatic carbocycles. The number of unbranched alkanes of at least 4 members (excludes halogenated alkanes) is 6. The molecule has 0 rings (SSSR count). The van der Waals surface area contributed by atoms with Gasteiger partial charge >= 0.3 is 0 Å². The van der Waals surface area contributed by atoms with Gasteiger partial charge in [0.05, 0.1) is 6.61 Å². The van der Waals surface area contributed by atoms with Crippen LogP contribution in [0, 0.1) is 0 Å². The molecule has 0 aromatic rings. The molecular formula is C9H21NO3S2. The highest BCUT2D eigenvalue weighted by Gasteiger charge is 2.03. The van der Waals surface area contributed by atoms with Gasteiger partial charge in [-0.2, -0.15) is 14.4 Å². The quantitative estimate of drug-likeness (QED) is 0.479. The highest BCUT2D eigenvalue weighted by molar-refractivity contribution is 8.27. The van der Waals surface area contributed by atoms with Crippen molar-refractivity contribution in [2.45, 2.75) is 51.9 Å². The van der Waals surface area contributed by atoms with Crippen molar-refractivity contribution in [3.63, 3.8) is 0 Å². The predicted octanol–water partition coefficient (Wildman–Crippen LogP) is 2.22. The molecule has 6 heteroatoms. The fraction of sp³-hybridized carbons (Fsp3) is 1.00. The van der Waals surface area contributed by atoms with Gasteiger partial charge in [-0.1, -0.05) is 45.4 Å². The summed E-state index contributed by atoms with van der Waals surface area (Å²) in [6.07, 6.45) is 8.21. The molecule has 0 saturated carbocycles. The number of hydrogen-bond donors (Lipinski definition) is 1. The molecule has 4 nitrogen and oxygen atoms in total. The van der Waals surface area contributed by atoms with Crippen molar-refractivity contribution < 1.29 is 12.7 Å². The second kappa shape index (κ2) is 9.47. The van der Waals surface area contributed by atoms with Crippen molar-refractivity contribution in [3.8, 4) is 0 Å². The van der Waals surface area contributed by atoms with E-state index in [1.807, 2.05) is 0 Å². The van der Waals surface area contributed by atoms with Crippen molar-refractivity contribution in [2.24, 2.45) is 5.90 Å². The SMILES string of the molecule is CCCCCCCCCOS(=O)(=S)ON. The normalized spacial score (nSPS) is 15.1. The first kappa shape index (κ1) is 15.2. The number of rotatable bonds is 10. The Bertz CT molecular complexity index is 230. The highest BCUT2D eigenvalue weighted by Crippen LogP contribution is 2.07. The largest absolute Gasteiger partial charge is 0.285 e. The summed E-state index contributed by atoms with van der Waals surface area (Å²) in [5.74, 6) is 4.70. The maximum atomic E-state index is 11.0. The molecule has 0 aliphatic heterocycles. The molecule has 0 bridgehead atoms. The molecule has 0 aliphatic rings. The molecule has 0 spiro atoms. The van der Waals surface area contributed by atoms with Gasteiger partial charge in [0, 0.05) is 11.2 Å². The lowest BCUT2D eigenvalue weighted by Crippen LogP contribution is -2.13. The molecule has 2 N–H and O–H groups in total. The Labute approximate surface area is 97.5 Å². The minimum atomic E-state index is -3.11. The summed E-state index contributed by atoms with van der Waals surface area (Å²) in [6.45, 7) is 2.55. The Morgan fingerprint density at radius 2 is 1.67 bits per heavy atom. The van der Waals surface area contributed by atoms with Gasteiger partial charge in [0.25, 0.3) is 9.05 Å². The summed E-state index contributed by atoms with van der Waals surface area (Å²) >= 11 is 4.44. The van der Waals surface area contributed by atoms with Gasteiger partial charge in [0.2, 0.25) is 0 Å². The lowest BCUT2D eigenvalue weighted by atomic mass is 10.1. The monoisotopic (exact) mass is 255 g/mol. The van der Waals surface area contributed by atoms with Crippen molar-refractivity contribution in [3.05, 3.63) is 0 Å². The molecule has 0 fully saturated rings. The molecule has 0 saturated heterocycles. The molecule has 0 heterocycles. The average Bonchev–Trinajstić information content (AvgIpc) is 2.22. The second-order valence-electron chi connectivity index (χ2n) is 3.45. The standard InChI is InChI=1S/C9H21NO3S2/c1-2-3-4-5-6-7-8-9-12-15(11,14)13-10/h2-10H2,1H3. The number of hydrogen-bond acceptors (Lipinski definition) is 5. The maximum Gasteiger partial charge on any atom is 0.285 e. The summed E-state index contributed by atoms with van der Waals surface area (Å²) < 4.78 is 19.8. The fourth-order valence-corrected chi connectivity index (χ4v) is 1.83. The van der Waals surface area contributed by atoms with Crippen LogP contribution in [0.2, 0.25) is 0 Å². The Morgan fingerprint density at radius 1 is 1.13 bits per heavy atom. The van der Waals surface area contributed by atoms with Crippen LogP contribution < -0.4 is 5.90 Å². The van der Waals surface area contributed by atoms with E-state index in [4.69, 9.17) is 10.1 Å². The molecule has 0 aromatic carbocycles. The second-order valence-corrected chi connectivity index (χ2v) is 5.92. The van der Waals surface area contributed by atoms with Crippen LogP contribution in [0.5, 0.6) is 0 Å². The smallest absolute Gasteiger partial charge is 0.268 e. The first-order valence-electron chi connectivity index (χ1n) is 5.40. The van der Waals surface area contributed by atoms with Gasteiger partial charge in [-0.3, -0.25) is 4.18 Å². The predicted molar refractivity (Wildman–Crippen MR) is 64.7 cm³/mol. The van der Waals surface area contributed by atoms with Gasteiger partial charge in [0.1, 0.15) is 0 Å². The zero-order valence-electron chi connectivity index (χ0n) is 9.28. The summed E-state index contributed by atoms with van der Waals surface area (Å²) in [4.78, 5) is 0. The zero-order valence-corrected chi connectivity index (χ0v) is 10.9. The lowest BCUT2D eigenvalue weighted by molar-refractivity contribution is 0.247. The van der Waals surface area contributed by atoms with E-state index < -0.39 is 9.05 Å². The number of nitrogens with two attached hydrogens (primary N) is 1. The Balaban J connectivity index is 3.19. The van der Waals surface area contributed by atoms with Crippen LogP contribution in [0.4, 0.5) is 0 Å². The molecular weight excluding hydrogens is 234 g/mol. The van der Waals surface area contributed by atoms with E-state index in [0.717, 1.165) is 12.8 Å². The molecule has 15 heavy (non-hydrogen) atoms. The zero-order chi connectivity index (χ0) is 11.6. The van der Waals surface area contributed by atoms with Crippen molar-refractivity contribution in [2.75, 3.05) is 6.61 Å². The van der Waals surface area contributed by atoms with Gasteiger partial charge < -0.3 is 0 Å². The minimum Gasteiger partial charge on any atom is -0.268 e. The van der Waals surface area contributed by atoms with E-state index in [9.17, 15) is 4.21 Å². The molecule has 92 valence electrons. The van der Waals surface area contributed by atoms with Gasteiger partial charge in [-0.25, -0.2) is 0 Å². The highest BCUT2D eigenvalue weighted by atomic mass is 32.9. The van der Waals surface area contributed by atoms with E-state index in [0.29, 0.717) is 6.61 Å². The Kier molecular flexibility index (Phi) is 9.63. The minimum absolute atomic E-state index is 0.354. The first-order valence-corrected chi connectivity index (χ1v) is 7.73. The van der Waals surface area contributed by atoms with Gasteiger partial charge in [-0.05, 0) is 6.42 Å². The molecule has 0 radical (unpaired) electrons. The third-order valence-corrected chi connectivity index (χ3v) is 3.31. The third kappa shape index (κ3) is 10.5. The summed E-state index contributed by atoms with van der Waals surface area (Å²) in [6, 6.07) is 0. The Morgan fingerprint density at radius 3 is 2.20 bits per heavy atom. The van der Waals surface area contributed by atoms with E-state index in [1.54, 1.807) is 0 Å². The van der Waals surface area contributed by atoms with Crippen LogP contribution in [0.25, 0.3) is 0 Å². The molecule has 0 aromatic heterocycles. The van der Waals surface area contributed by atoms with Gasteiger partial charge in [0.15, 0.2) is 0 Å². The van der Waals surface area contributed by atoms with E-state index >= 15 is 0 Å². The first-order chi connectivity index (χ1) is 7.12. The summed E-state index contributed by atoms with van der Waals surface area (Å²) in [5.41, 5.74) is 0. The average molecular weight is 255 g/mol. The van der Waals surface area contributed by atoms with Crippen LogP contribution in [-0.2, 0) is 28.7 Å². The fourth-order valence-electron chi connectivity index (χ4n) is 1.25. The third-order valence-electron chi connectivity index (χ3n) is 2.09. The van der Waals surface area contributed by atoms with Crippen molar-refractivity contribution in [1.29, 1.82) is 0 Å². The van der Waals surface area contributed by atoms with Gasteiger partial charge in [-0.15, -0.1) is 0 Å². The lowest BCUT2D eigenvalue weighted by Gasteiger charge is -2.04. The van der Waals surface area contributed by atoms with Crippen LogP contribution in [0.3, 0.4) is 0 Å². The summed E-state index contributed by atoms with van der Waals surface area (Å²) in [7, 11) is -3.11. The van der Waals surface area contributed by atoms with Crippen LogP contribution in [-0.4, -0.2) is 10.8 Å². The molecule has 1 unspecified atom stereocenters. The van der Waals surface area contributed by atoms with E-state index in [2.05, 4.69) is 22.4 Å².